The van der Waals surface area contributed by atoms with Gasteiger partial charge < -0.3 is 0 Å². The lowest BCUT2D eigenvalue weighted by molar-refractivity contribution is 0.556. The first-order valence-electron chi connectivity index (χ1n) is 8.58. The van der Waals surface area contributed by atoms with E-state index in [2.05, 4.69) is 14.8 Å². The maximum absolute atomic E-state index is 13.7. The number of rotatable bonds is 6. The Hall–Kier alpha value is -2.62. The van der Waals surface area contributed by atoms with Crippen molar-refractivity contribution in [2.24, 2.45) is 0 Å². The number of nitrogens with zero attached hydrogens (tertiary/aromatic N) is 3. The van der Waals surface area contributed by atoms with Crippen LogP contribution in [0.5, 0.6) is 0 Å². The van der Waals surface area contributed by atoms with Crippen molar-refractivity contribution in [3.05, 3.63) is 71.0 Å². The van der Waals surface area contributed by atoms with Crippen LogP contribution in [0.1, 0.15) is 11.3 Å². The molecule has 0 atom stereocenters. The second-order valence-electron chi connectivity index (χ2n) is 6.30. The van der Waals surface area contributed by atoms with Crippen LogP contribution < -0.4 is 4.72 Å². The van der Waals surface area contributed by atoms with Gasteiger partial charge in [0.25, 0.3) is 0 Å². The van der Waals surface area contributed by atoms with Gasteiger partial charge in [-0.2, -0.15) is 4.98 Å². The van der Waals surface area contributed by atoms with E-state index in [0.29, 0.717) is 12.2 Å². The van der Waals surface area contributed by atoms with E-state index >= 15 is 0 Å². The highest BCUT2D eigenvalue weighted by molar-refractivity contribution is 7.89. The summed E-state index contributed by atoms with van der Waals surface area (Å²) in [7, 11) is -3.91. The largest absolute Gasteiger partial charge is 0.243 e. The van der Waals surface area contributed by atoms with Crippen LogP contribution in [0.15, 0.2) is 58.8 Å². The van der Waals surface area contributed by atoms with Crippen molar-refractivity contribution in [1.29, 1.82) is 0 Å². The quantitative estimate of drug-likeness (QED) is 0.523. The van der Waals surface area contributed by atoms with Crippen LogP contribution in [0.4, 0.5) is 4.39 Å². The third-order valence-corrected chi connectivity index (χ3v) is 6.58. The molecule has 0 radical (unpaired) electrons. The highest BCUT2D eigenvalue weighted by Gasteiger charge is 2.18. The first-order chi connectivity index (χ1) is 13.4. The highest BCUT2D eigenvalue weighted by Crippen LogP contribution is 2.22. The molecule has 0 amide bonds. The first kappa shape index (κ1) is 18.7. The molecule has 144 valence electrons. The molecule has 0 saturated heterocycles. The van der Waals surface area contributed by atoms with Gasteiger partial charge in [-0.05, 0) is 25.1 Å². The normalized spacial score (nSPS) is 11.9. The van der Waals surface area contributed by atoms with E-state index in [1.165, 1.54) is 29.5 Å². The third-order valence-electron chi connectivity index (χ3n) is 4.23. The molecule has 0 bridgehead atoms. The molecule has 0 aliphatic heterocycles. The van der Waals surface area contributed by atoms with E-state index in [9.17, 15) is 12.8 Å². The number of benzene rings is 2. The summed E-state index contributed by atoms with van der Waals surface area (Å²) >= 11 is 1.44. The minimum Gasteiger partial charge on any atom is -0.211 e. The molecule has 2 aromatic heterocycles. The molecule has 4 rings (SSSR count). The van der Waals surface area contributed by atoms with Crippen LogP contribution in [0.3, 0.4) is 0 Å². The number of thiazole rings is 1. The lowest BCUT2D eigenvalue weighted by atomic mass is 10.1. The summed E-state index contributed by atoms with van der Waals surface area (Å²) in [5, 5.41) is 6.45. The fraction of sp³-hybridized carbons (Fsp3) is 0.158. The average molecular weight is 417 g/mol. The smallest absolute Gasteiger partial charge is 0.211 e. The summed E-state index contributed by atoms with van der Waals surface area (Å²) in [5.41, 5.74) is 2.89. The summed E-state index contributed by atoms with van der Waals surface area (Å²) in [6.07, 6.45) is 0.407. The zero-order valence-electron chi connectivity index (χ0n) is 15.0. The van der Waals surface area contributed by atoms with Crippen LogP contribution in [0.2, 0.25) is 0 Å². The molecule has 2 heterocycles. The van der Waals surface area contributed by atoms with E-state index in [0.717, 1.165) is 27.8 Å². The molecule has 0 aliphatic carbocycles. The van der Waals surface area contributed by atoms with Gasteiger partial charge in [0.15, 0.2) is 5.82 Å². The Kier molecular flexibility index (Phi) is 4.96. The molecular weight excluding hydrogens is 399 g/mol. The number of aryl methyl sites for hydroxylation is 1. The van der Waals surface area contributed by atoms with Crippen molar-refractivity contribution < 1.29 is 12.8 Å². The van der Waals surface area contributed by atoms with Crippen LogP contribution >= 0.6 is 11.3 Å². The van der Waals surface area contributed by atoms with Gasteiger partial charge >= 0.3 is 0 Å². The summed E-state index contributed by atoms with van der Waals surface area (Å²) in [6, 6.07) is 13.2. The molecule has 28 heavy (non-hydrogen) atoms. The molecule has 0 aliphatic rings. The standard InChI is InChI=1S/C19H17FN4O2S2/c1-13-5-4-6-14(11-13)18-22-19-24(23-18)15(12-27-19)9-10-21-28(25,26)17-8-3-2-7-16(17)20/h2-8,11-12,21H,9-10H2,1H3. The van der Waals surface area contributed by atoms with Crippen molar-refractivity contribution in [3.8, 4) is 11.4 Å². The summed E-state index contributed by atoms with van der Waals surface area (Å²) < 4.78 is 42.5. The van der Waals surface area contributed by atoms with Gasteiger partial charge in [0, 0.05) is 23.9 Å². The van der Waals surface area contributed by atoms with E-state index in [4.69, 9.17) is 0 Å². The molecule has 0 saturated carbocycles. The number of hydrogen-bond acceptors (Lipinski definition) is 5. The molecule has 0 unspecified atom stereocenters. The topological polar surface area (TPSA) is 76.4 Å². The van der Waals surface area contributed by atoms with E-state index < -0.39 is 15.8 Å². The third kappa shape index (κ3) is 3.68. The number of halogens is 1. The van der Waals surface area contributed by atoms with Gasteiger partial charge in [0.1, 0.15) is 10.7 Å². The minimum atomic E-state index is -3.91. The fourth-order valence-corrected chi connectivity index (χ4v) is 4.82. The summed E-state index contributed by atoms with van der Waals surface area (Å²) in [5.74, 6) is -0.143. The van der Waals surface area contributed by atoms with Gasteiger partial charge in [-0.15, -0.1) is 16.4 Å². The van der Waals surface area contributed by atoms with E-state index in [1.54, 1.807) is 4.52 Å². The molecule has 2 aromatic carbocycles. The molecule has 4 aromatic rings. The Balaban J connectivity index is 1.51. The van der Waals surface area contributed by atoms with Gasteiger partial charge in [-0.25, -0.2) is 22.0 Å². The number of hydrogen-bond donors (Lipinski definition) is 1. The van der Waals surface area contributed by atoms with Crippen LogP contribution in [-0.4, -0.2) is 29.6 Å². The highest BCUT2D eigenvalue weighted by atomic mass is 32.2. The van der Waals surface area contributed by atoms with Gasteiger partial charge in [-0.1, -0.05) is 35.9 Å². The Bertz CT molecular complexity index is 1250. The van der Waals surface area contributed by atoms with Crippen LogP contribution in [0, 0.1) is 12.7 Å². The molecular formula is C19H17FN4O2S2. The molecule has 9 heteroatoms. The molecule has 6 nitrogen and oxygen atoms in total. The number of sulfonamides is 1. The molecule has 0 spiro atoms. The number of fused-ring (bicyclic) bond motifs is 1. The fourth-order valence-electron chi connectivity index (χ4n) is 2.86. The van der Waals surface area contributed by atoms with Crippen molar-refractivity contribution >= 4 is 26.3 Å². The second kappa shape index (κ2) is 7.42. The minimum absolute atomic E-state index is 0.127. The lowest BCUT2D eigenvalue weighted by Crippen LogP contribution is -2.27. The molecule has 1 N–H and O–H groups in total. The van der Waals surface area contributed by atoms with E-state index in [1.807, 2.05) is 36.6 Å². The summed E-state index contributed by atoms with van der Waals surface area (Å²) in [6.45, 7) is 2.14. The Morgan fingerprint density at radius 2 is 2.00 bits per heavy atom. The second-order valence-corrected chi connectivity index (χ2v) is 8.88. The van der Waals surface area contributed by atoms with Crippen LogP contribution in [-0.2, 0) is 16.4 Å². The van der Waals surface area contributed by atoms with Crippen LogP contribution in [0.25, 0.3) is 16.3 Å². The Labute approximate surface area is 165 Å². The molecule has 0 fully saturated rings. The zero-order chi connectivity index (χ0) is 19.7. The van der Waals surface area contributed by atoms with Crippen molar-refractivity contribution in [1.82, 2.24) is 19.3 Å². The first-order valence-corrected chi connectivity index (χ1v) is 10.9. The van der Waals surface area contributed by atoms with Crippen molar-refractivity contribution in [3.63, 3.8) is 0 Å². The average Bonchev–Trinajstić information content (AvgIpc) is 3.24. The monoisotopic (exact) mass is 416 g/mol. The van der Waals surface area contributed by atoms with Crippen molar-refractivity contribution in [2.75, 3.05) is 6.54 Å². The maximum Gasteiger partial charge on any atom is 0.243 e. The SMILES string of the molecule is Cc1cccc(-c2nc3scc(CCNS(=O)(=O)c4ccccc4F)n3n2)c1. The predicted octanol–water partition coefficient (Wildman–Crippen LogP) is 3.43. The van der Waals surface area contributed by atoms with Gasteiger partial charge in [0.05, 0.1) is 5.69 Å². The summed E-state index contributed by atoms with van der Waals surface area (Å²) in [4.78, 5) is 4.93. The number of aromatic nitrogens is 3. The Morgan fingerprint density at radius 3 is 2.79 bits per heavy atom. The Morgan fingerprint density at radius 1 is 1.18 bits per heavy atom. The van der Waals surface area contributed by atoms with Gasteiger partial charge in [-0.3, -0.25) is 0 Å². The van der Waals surface area contributed by atoms with Gasteiger partial charge in [0.2, 0.25) is 15.0 Å². The zero-order valence-corrected chi connectivity index (χ0v) is 16.6. The predicted molar refractivity (Wildman–Crippen MR) is 106 cm³/mol. The lowest BCUT2D eigenvalue weighted by Gasteiger charge is -2.07. The number of nitrogens with one attached hydrogen (secondary N) is 1. The maximum atomic E-state index is 13.7. The van der Waals surface area contributed by atoms with Crippen molar-refractivity contribution in [2.45, 2.75) is 18.2 Å². The van der Waals surface area contributed by atoms with E-state index in [-0.39, 0.29) is 11.4 Å².